The topological polar surface area (TPSA) is 85.8 Å². The molecule has 0 unspecified atom stereocenters. The van der Waals surface area contributed by atoms with E-state index in [0.29, 0.717) is 34.6 Å². The highest BCUT2D eigenvalue weighted by Gasteiger charge is 2.19. The molecule has 0 saturated carbocycles. The van der Waals surface area contributed by atoms with Gasteiger partial charge in [-0.05, 0) is 44.0 Å². The van der Waals surface area contributed by atoms with E-state index in [-0.39, 0.29) is 11.7 Å². The molecule has 5 heteroatoms. The largest absolute Gasteiger partial charge is 0.354 e. The zero-order valence-corrected chi connectivity index (χ0v) is 12.8. The maximum atomic E-state index is 12.3. The Balaban J connectivity index is 2.15. The fraction of sp³-hybridized carbons (Fsp3) is 0.235. The Labute approximate surface area is 129 Å². The van der Waals surface area contributed by atoms with Gasteiger partial charge in [0.2, 0.25) is 0 Å². The van der Waals surface area contributed by atoms with Crippen LogP contribution in [0, 0.1) is 25.2 Å². The Morgan fingerprint density at radius 3 is 2.64 bits per heavy atom. The highest BCUT2D eigenvalue weighted by atomic mass is 16.2. The van der Waals surface area contributed by atoms with Gasteiger partial charge in [-0.3, -0.25) is 9.59 Å². The number of aryl methyl sites for hydroxylation is 1. The van der Waals surface area contributed by atoms with Gasteiger partial charge in [-0.25, -0.2) is 0 Å². The molecule has 0 aliphatic heterocycles. The maximum absolute atomic E-state index is 12.3. The molecule has 1 aromatic carbocycles. The molecule has 1 amide bonds. The standard InChI is InChI=1S/C17H17N3O2/c1-10-15(12(3)21)11(2)20-16(10)17(22)19-9-14-6-4-5-13(7-14)8-18/h4-7,20H,9H2,1-3H3,(H,19,22). The minimum absolute atomic E-state index is 0.0629. The SMILES string of the molecule is CC(=O)c1c(C)[nH]c(C(=O)NCc2cccc(C#N)c2)c1C. The molecule has 2 N–H and O–H groups in total. The molecule has 2 aromatic rings. The number of H-pyrrole nitrogens is 1. The van der Waals surface area contributed by atoms with Crippen LogP contribution in [0.1, 0.15) is 50.2 Å². The average Bonchev–Trinajstić information content (AvgIpc) is 2.80. The molecule has 0 saturated heterocycles. The fourth-order valence-electron chi connectivity index (χ4n) is 2.53. The molecule has 0 bridgehead atoms. The summed E-state index contributed by atoms with van der Waals surface area (Å²) in [6.45, 7) is 5.34. The van der Waals surface area contributed by atoms with E-state index in [4.69, 9.17) is 5.26 Å². The molecule has 0 atom stereocenters. The number of aromatic amines is 1. The lowest BCUT2D eigenvalue weighted by molar-refractivity contribution is 0.0945. The van der Waals surface area contributed by atoms with Crippen molar-refractivity contribution in [2.24, 2.45) is 0 Å². The van der Waals surface area contributed by atoms with Crippen molar-refractivity contribution >= 4 is 11.7 Å². The Hall–Kier alpha value is -2.87. The summed E-state index contributed by atoms with van der Waals surface area (Å²) in [4.78, 5) is 26.8. The van der Waals surface area contributed by atoms with E-state index in [1.807, 2.05) is 6.07 Å². The van der Waals surface area contributed by atoms with Crippen molar-refractivity contribution in [3.8, 4) is 6.07 Å². The van der Waals surface area contributed by atoms with Crippen LogP contribution in [0.2, 0.25) is 0 Å². The first-order valence-corrected chi connectivity index (χ1v) is 6.91. The Morgan fingerprint density at radius 2 is 2.05 bits per heavy atom. The van der Waals surface area contributed by atoms with E-state index in [0.717, 1.165) is 5.56 Å². The number of carbonyl (C=O) groups is 2. The van der Waals surface area contributed by atoms with Crippen LogP contribution in [0.15, 0.2) is 24.3 Å². The predicted octanol–water partition coefficient (Wildman–Crippen LogP) is 2.64. The smallest absolute Gasteiger partial charge is 0.268 e. The van der Waals surface area contributed by atoms with E-state index in [2.05, 4.69) is 16.4 Å². The zero-order valence-electron chi connectivity index (χ0n) is 12.8. The Bertz CT molecular complexity index is 782. The third-order valence-electron chi connectivity index (χ3n) is 3.53. The fourth-order valence-corrected chi connectivity index (χ4v) is 2.53. The van der Waals surface area contributed by atoms with Gasteiger partial charge in [-0.1, -0.05) is 12.1 Å². The second-order valence-electron chi connectivity index (χ2n) is 5.18. The number of nitrogens with one attached hydrogen (secondary N) is 2. The van der Waals surface area contributed by atoms with Gasteiger partial charge in [0, 0.05) is 17.8 Å². The quantitative estimate of drug-likeness (QED) is 0.850. The lowest BCUT2D eigenvalue weighted by Crippen LogP contribution is -2.24. The first-order valence-electron chi connectivity index (χ1n) is 6.91. The number of ketones is 1. The van der Waals surface area contributed by atoms with Gasteiger partial charge < -0.3 is 10.3 Å². The molecule has 0 spiro atoms. The van der Waals surface area contributed by atoms with E-state index in [1.165, 1.54) is 6.92 Å². The van der Waals surface area contributed by atoms with Gasteiger partial charge in [-0.15, -0.1) is 0 Å². The molecule has 22 heavy (non-hydrogen) atoms. The average molecular weight is 295 g/mol. The van der Waals surface area contributed by atoms with Crippen LogP contribution in [0.4, 0.5) is 0 Å². The zero-order chi connectivity index (χ0) is 16.3. The van der Waals surface area contributed by atoms with Crippen molar-refractivity contribution in [1.29, 1.82) is 5.26 Å². The maximum Gasteiger partial charge on any atom is 0.268 e. The summed E-state index contributed by atoms with van der Waals surface area (Å²) in [5.41, 5.74) is 3.73. The summed E-state index contributed by atoms with van der Waals surface area (Å²) in [5, 5.41) is 11.7. The molecule has 0 aliphatic rings. The molecule has 112 valence electrons. The van der Waals surface area contributed by atoms with Crippen LogP contribution in [0.25, 0.3) is 0 Å². The summed E-state index contributed by atoms with van der Waals surface area (Å²) in [6, 6.07) is 9.12. The molecule has 5 nitrogen and oxygen atoms in total. The number of Topliss-reactive ketones (excluding diaryl/α,β-unsaturated/α-hetero) is 1. The highest BCUT2D eigenvalue weighted by Crippen LogP contribution is 2.18. The number of nitriles is 1. The van der Waals surface area contributed by atoms with Crippen LogP contribution in [0.5, 0.6) is 0 Å². The van der Waals surface area contributed by atoms with E-state index in [1.54, 1.807) is 32.0 Å². The number of hydrogen-bond donors (Lipinski definition) is 2. The van der Waals surface area contributed by atoms with Crippen LogP contribution in [-0.4, -0.2) is 16.7 Å². The van der Waals surface area contributed by atoms with Gasteiger partial charge in [0.15, 0.2) is 5.78 Å². The van der Waals surface area contributed by atoms with Crippen molar-refractivity contribution in [2.75, 3.05) is 0 Å². The summed E-state index contributed by atoms with van der Waals surface area (Å²) >= 11 is 0. The van der Waals surface area contributed by atoms with E-state index < -0.39 is 0 Å². The van der Waals surface area contributed by atoms with Crippen molar-refractivity contribution in [3.05, 3.63) is 57.9 Å². The Morgan fingerprint density at radius 1 is 1.32 bits per heavy atom. The van der Waals surface area contributed by atoms with Gasteiger partial charge in [0.1, 0.15) is 5.69 Å². The minimum Gasteiger partial charge on any atom is -0.354 e. The summed E-state index contributed by atoms with van der Waals surface area (Å²) in [7, 11) is 0. The highest BCUT2D eigenvalue weighted by molar-refractivity contribution is 6.02. The van der Waals surface area contributed by atoms with Crippen molar-refractivity contribution < 1.29 is 9.59 Å². The summed E-state index contributed by atoms with van der Waals surface area (Å²) in [6.07, 6.45) is 0. The lowest BCUT2D eigenvalue weighted by Gasteiger charge is -2.05. The van der Waals surface area contributed by atoms with Crippen LogP contribution >= 0.6 is 0 Å². The number of nitrogens with zero attached hydrogens (tertiary/aromatic N) is 1. The van der Waals surface area contributed by atoms with Crippen LogP contribution < -0.4 is 5.32 Å². The number of rotatable bonds is 4. The molecule has 0 fully saturated rings. The van der Waals surface area contributed by atoms with Gasteiger partial charge in [-0.2, -0.15) is 5.26 Å². The third-order valence-corrected chi connectivity index (χ3v) is 3.53. The van der Waals surface area contributed by atoms with Crippen molar-refractivity contribution in [1.82, 2.24) is 10.3 Å². The number of benzene rings is 1. The second kappa shape index (κ2) is 6.27. The summed E-state index contributed by atoms with van der Waals surface area (Å²) in [5.74, 6) is -0.331. The molecule has 0 radical (unpaired) electrons. The molecule has 1 aromatic heterocycles. The monoisotopic (exact) mass is 295 g/mol. The first kappa shape index (κ1) is 15.5. The van der Waals surface area contributed by atoms with E-state index in [9.17, 15) is 9.59 Å². The number of amides is 1. The molecule has 0 aliphatic carbocycles. The molecule has 2 rings (SSSR count). The molecular formula is C17H17N3O2. The number of hydrogen-bond acceptors (Lipinski definition) is 3. The second-order valence-corrected chi connectivity index (χ2v) is 5.18. The minimum atomic E-state index is -0.268. The third kappa shape index (κ3) is 3.07. The first-order chi connectivity index (χ1) is 10.4. The van der Waals surface area contributed by atoms with Gasteiger partial charge in [0.05, 0.1) is 11.6 Å². The molecular weight excluding hydrogens is 278 g/mol. The van der Waals surface area contributed by atoms with E-state index >= 15 is 0 Å². The van der Waals surface area contributed by atoms with Crippen LogP contribution in [0.3, 0.4) is 0 Å². The Kier molecular flexibility index (Phi) is 4.42. The number of aromatic nitrogens is 1. The van der Waals surface area contributed by atoms with Gasteiger partial charge in [0.25, 0.3) is 5.91 Å². The predicted molar refractivity (Wildman–Crippen MR) is 82.6 cm³/mol. The van der Waals surface area contributed by atoms with Crippen molar-refractivity contribution in [3.63, 3.8) is 0 Å². The van der Waals surface area contributed by atoms with Crippen LogP contribution in [-0.2, 0) is 6.54 Å². The lowest BCUT2D eigenvalue weighted by atomic mass is 10.1. The number of carbonyl (C=O) groups excluding carboxylic acids is 2. The normalized spacial score (nSPS) is 10.1. The van der Waals surface area contributed by atoms with Crippen molar-refractivity contribution in [2.45, 2.75) is 27.3 Å². The molecule has 1 heterocycles. The van der Waals surface area contributed by atoms with Gasteiger partial charge >= 0.3 is 0 Å². The summed E-state index contributed by atoms with van der Waals surface area (Å²) < 4.78 is 0.